The Bertz CT molecular complexity index is 357. The van der Waals surface area contributed by atoms with Gasteiger partial charge in [-0.1, -0.05) is 11.6 Å². The van der Waals surface area contributed by atoms with E-state index in [2.05, 4.69) is 15.8 Å². The van der Waals surface area contributed by atoms with E-state index in [0.717, 1.165) is 32.5 Å². The molecule has 0 aromatic rings. The topological polar surface area (TPSA) is 62.7 Å². The normalized spacial score (nSPS) is 31.7. The number of carbonyl (C=O) groups excluding carboxylic acids is 1. The fraction of sp³-hybridized carbons (Fsp3) is 0.846. The summed E-state index contributed by atoms with van der Waals surface area (Å²) in [7, 11) is 0. The lowest BCUT2D eigenvalue weighted by atomic mass is 9.85. The van der Waals surface area contributed by atoms with Crippen molar-refractivity contribution in [3.63, 3.8) is 0 Å². The summed E-state index contributed by atoms with van der Waals surface area (Å²) in [6, 6.07) is 0. The first-order chi connectivity index (χ1) is 8.77. The maximum atomic E-state index is 12.0. The van der Waals surface area contributed by atoms with Crippen molar-refractivity contribution in [3.8, 4) is 0 Å². The third kappa shape index (κ3) is 2.36. The van der Waals surface area contributed by atoms with Gasteiger partial charge in [-0.15, -0.1) is 0 Å². The summed E-state index contributed by atoms with van der Waals surface area (Å²) >= 11 is 0. The van der Waals surface area contributed by atoms with Crippen LogP contribution in [0.4, 0.5) is 0 Å². The molecular weight excluding hydrogens is 230 g/mol. The van der Waals surface area contributed by atoms with Gasteiger partial charge in [0, 0.05) is 19.5 Å². The molecule has 2 fully saturated rings. The molecule has 0 aromatic heterocycles. The van der Waals surface area contributed by atoms with Crippen LogP contribution >= 0.6 is 0 Å². The van der Waals surface area contributed by atoms with Gasteiger partial charge >= 0.3 is 0 Å². The number of amides is 1. The van der Waals surface area contributed by atoms with Crippen molar-refractivity contribution in [1.82, 2.24) is 10.6 Å². The van der Waals surface area contributed by atoms with Crippen molar-refractivity contribution in [3.05, 3.63) is 0 Å². The van der Waals surface area contributed by atoms with E-state index in [4.69, 9.17) is 4.84 Å². The second-order valence-corrected chi connectivity index (χ2v) is 5.78. The van der Waals surface area contributed by atoms with Gasteiger partial charge in [0.25, 0.3) is 5.91 Å². The average Bonchev–Trinajstić information content (AvgIpc) is 2.72. The highest BCUT2D eigenvalue weighted by Gasteiger charge is 2.42. The number of carbonyl (C=O) groups is 1. The van der Waals surface area contributed by atoms with E-state index in [1.54, 1.807) is 0 Å². The Hall–Kier alpha value is -1.10. The lowest BCUT2D eigenvalue weighted by Gasteiger charge is -2.31. The maximum absolute atomic E-state index is 12.0. The van der Waals surface area contributed by atoms with Crippen molar-refractivity contribution in [2.45, 2.75) is 44.1 Å². The molecule has 5 heteroatoms. The molecule has 1 atom stereocenters. The highest BCUT2D eigenvalue weighted by atomic mass is 16.7. The maximum Gasteiger partial charge on any atom is 0.269 e. The summed E-state index contributed by atoms with van der Waals surface area (Å²) in [5.41, 5.74) is 0.319. The zero-order valence-electron chi connectivity index (χ0n) is 10.7. The Morgan fingerprint density at radius 2 is 2.39 bits per heavy atom. The first-order valence-electron chi connectivity index (χ1n) is 7.01. The van der Waals surface area contributed by atoms with Crippen LogP contribution in [0.15, 0.2) is 5.16 Å². The standard InChI is InChI=1S/C13H21N3O2/c17-12(15-8-10-3-1-4-10)11-7-13(18-16-11)5-2-6-14-9-13/h10,14H,1-9H2,(H,15,17). The number of nitrogens with one attached hydrogen (secondary N) is 2. The second kappa shape index (κ2) is 4.88. The molecule has 1 saturated carbocycles. The van der Waals surface area contributed by atoms with Gasteiger partial charge < -0.3 is 15.5 Å². The van der Waals surface area contributed by atoms with Crippen molar-refractivity contribution < 1.29 is 9.63 Å². The lowest BCUT2D eigenvalue weighted by molar-refractivity contribution is -0.115. The van der Waals surface area contributed by atoms with Crippen LogP contribution in [0.25, 0.3) is 0 Å². The van der Waals surface area contributed by atoms with Gasteiger partial charge in [0.05, 0.1) is 0 Å². The molecule has 0 radical (unpaired) electrons. The first-order valence-corrected chi connectivity index (χ1v) is 7.01. The molecule has 1 unspecified atom stereocenters. The Kier molecular flexibility index (Phi) is 3.24. The highest BCUT2D eigenvalue weighted by molar-refractivity contribution is 6.39. The number of rotatable bonds is 3. The van der Waals surface area contributed by atoms with E-state index >= 15 is 0 Å². The van der Waals surface area contributed by atoms with E-state index in [-0.39, 0.29) is 11.5 Å². The Morgan fingerprint density at radius 1 is 1.50 bits per heavy atom. The Balaban J connectivity index is 1.49. The van der Waals surface area contributed by atoms with E-state index in [1.807, 2.05) is 0 Å². The van der Waals surface area contributed by atoms with Gasteiger partial charge in [-0.2, -0.15) is 0 Å². The van der Waals surface area contributed by atoms with Crippen LogP contribution in [0.5, 0.6) is 0 Å². The SMILES string of the molecule is O=C(NCC1CCC1)C1=NOC2(CCCNC2)C1. The minimum atomic E-state index is -0.249. The minimum absolute atomic E-state index is 0.0376. The fourth-order valence-corrected chi connectivity index (χ4v) is 2.85. The van der Waals surface area contributed by atoms with Crippen molar-refractivity contribution in [2.75, 3.05) is 19.6 Å². The van der Waals surface area contributed by atoms with Gasteiger partial charge in [0.1, 0.15) is 5.71 Å². The average molecular weight is 251 g/mol. The van der Waals surface area contributed by atoms with Crippen molar-refractivity contribution in [2.24, 2.45) is 11.1 Å². The van der Waals surface area contributed by atoms with Gasteiger partial charge in [-0.05, 0) is 38.1 Å². The number of hydrogen-bond acceptors (Lipinski definition) is 4. The number of nitrogens with zero attached hydrogens (tertiary/aromatic N) is 1. The van der Waals surface area contributed by atoms with Crippen LogP contribution in [-0.4, -0.2) is 36.9 Å². The number of piperidine rings is 1. The molecule has 100 valence electrons. The van der Waals surface area contributed by atoms with Crippen LogP contribution in [0, 0.1) is 5.92 Å². The molecule has 18 heavy (non-hydrogen) atoms. The van der Waals surface area contributed by atoms with Crippen LogP contribution in [0.3, 0.4) is 0 Å². The predicted octanol–water partition coefficient (Wildman–Crippen LogP) is 0.801. The molecule has 2 aliphatic heterocycles. The van der Waals surface area contributed by atoms with Gasteiger partial charge in [0.2, 0.25) is 0 Å². The number of hydrogen-bond donors (Lipinski definition) is 2. The summed E-state index contributed by atoms with van der Waals surface area (Å²) in [6.07, 6.45) is 6.53. The molecule has 1 spiro atoms. The van der Waals surface area contributed by atoms with Crippen molar-refractivity contribution >= 4 is 11.6 Å². The summed E-state index contributed by atoms with van der Waals surface area (Å²) < 4.78 is 0. The largest absolute Gasteiger partial charge is 0.387 e. The monoisotopic (exact) mass is 251 g/mol. The summed E-state index contributed by atoms with van der Waals surface area (Å²) in [5, 5.41) is 10.3. The summed E-state index contributed by atoms with van der Waals surface area (Å²) in [4.78, 5) is 17.5. The van der Waals surface area contributed by atoms with Crippen molar-refractivity contribution in [1.29, 1.82) is 0 Å². The zero-order chi connectivity index (χ0) is 12.4. The van der Waals surface area contributed by atoms with E-state index in [1.165, 1.54) is 19.3 Å². The molecule has 5 nitrogen and oxygen atoms in total. The van der Waals surface area contributed by atoms with Gasteiger partial charge in [-0.25, -0.2) is 0 Å². The van der Waals surface area contributed by atoms with E-state index < -0.39 is 0 Å². The molecule has 1 amide bonds. The third-order valence-electron chi connectivity index (χ3n) is 4.31. The molecular formula is C13H21N3O2. The van der Waals surface area contributed by atoms with Crippen LogP contribution < -0.4 is 10.6 Å². The van der Waals surface area contributed by atoms with Crippen LogP contribution in [0.2, 0.25) is 0 Å². The Labute approximate surface area is 107 Å². The van der Waals surface area contributed by atoms with Gasteiger partial charge in [-0.3, -0.25) is 4.79 Å². The van der Waals surface area contributed by atoms with E-state index in [9.17, 15) is 4.79 Å². The summed E-state index contributed by atoms with van der Waals surface area (Å²) in [5.74, 6) is 0.645. The number of oxime groups is 1. The fourth-order valence-electron chi connectivity index (χ4n) is 2.85. The predicted molar refractivity (Wildman–Crippen MR) is 68.3 cm³/mol. The Morgan fingerprint density at radius 3 is 3.06 bits per heavy atom. The quantitative estimate of drug-likeness (QED) is 0.780. The molecule has 1 saturated heterocycles. The van der Waals surface area contributed by atoms with Gasteiger partial charge in [0.15, 0.2) is 5.60 Å². The van der Waals surface area contributed by atoms with E-state index in [0.29, 0.717) is 18.1 Å². The highest BCUT2D eigenvalue weighted by Crippen LogP contribution is 2.30. The second-order valence-electron chi connectivity index (χ2n) is 5.78. The lowest BCUT2D eigenvalue weighted by Crippen LogP contribution is -2.46. The van der Waals surface area contributed by atoms with Crippen LogP contribution in [-0.2, 0) is 9.63 Å². The third-order valence-corrected chi connectivity index (χ3v) is 4.31. The molecule has 2 heterocycles. The molecule has 0 bridgehead atoms. The molecule has 1 aliphatic carbocycles. The minimum Gasteiger partial charge on any atom is -0.387 e. The molecule has 3 aliphatic rings. The first kappa shape index (κ1) is 12.0. The summed E-state index contributed by atoms with van der Waals surface area (Å²) in [6.45, 7) is 2.63. The zero-order valence-corrected chi connectivity index (χ0v) is 10.7. The molecule has 0 aromatic carbocycles. The smallest absolute Gasteiger partial charge is 0.269 e. The molecule has 3 rings (SSSR count). The van der Waals surface area contributed by atoms with Crippen LogP contribution in [0.1, 0.15) is 38.5 Å². The molecule has 2 N–H and O–H groups in total.